The molecule has 5 atom stereocenters. The lowest BCUT2D eigenvalue weighted by Gasteiger charge is -2.28. The molecule has 0 aromatic heterocycles. The molecule has 2 heterocycles. The van der Waals surface area contributed by atoms with E-state index in [0.717, 1.165) is 43.2 Å². The Morgan fingerprint density at radius 2 is 1.73 bits per heavy atom. The highest BCUT2D eigenvalue weighted by atomic mass is 32.2. The third-order valence-electron chi connectivity index (χ3n) is 10.8. The smallest absolute Gasteiger partial charge is 0.410 e. The third kappa shape index (κ3) is 13.9. The number of halogens is 1. The Kier molecular flexibility index (Phi) is 16.2. The molecule has 5 amide bonds. The molecule has 0 bridgehead atoms. The van der Waals surface area contributed by atoms with Crippen molar-refractivity contribution in [3.05, 3.63) is 70.6 Å². The van der Waals surface area contributed by atoms with Crippen LogP contribution in [-0.4, -0.2) is 98.3 Å². The van der Waals surface area contributed by atoms with Gasteiger partial charge in [0.2, 0.25) is 21.8 Å². The van der Waals surface area contributed by atoms with Gasteiger partial charge in [0.15, 0.2) is 0 Å². The fourth-order valence-corrected chi connectivity index (χ4v) is 8.82. The first-order valence-electron chi connectivity index (χ1n) is 20.3. The monoisotopic (exact) mass is 841 g/mol. The van der Waals surface area contributed by atoms with Crippen molar-refractivity contribution in [2.45, 2.75) is 129 Å². The fraction of sp³-hybridized carbons (Fsp3) is 0.581. The number of likely N-dealkylation sites (tertiary alicyclic amines) is 1. The molecule has 4 rings (SSSR count). The Labute approximate surface area is 347 Å². The molecular formula is C43H60FN5O9S. The van der Waals surface area contributed by atoms with E-state index in [0.29, 0.717) is 29.6 Å². The van der Waals surface area contributed by atoms with Crippen LogP contribution in [0.1, 0.15) is 102 Å². The number of hydrogen-bond acceptors (Lipinski definition) is 9. The van der Waals surface area contributed by atoms with Gasteiger partial charge in [0, 0.05) is 24.5 Å². The summed E-state index contributed by atoms with van der Waals surface area (Å²) in [4.78, 5) is 71.9. The molecule has 2 aliphatic heterocycles. The molecule has 1 aromatic carbocycles. The van der Waals surface area contributed by atoms with Crippen LogP contribution >= 0.6 is 0 Å². The number of unbranched alkanes of at least 4 members (excludes halogenated alkanes) is 4. The summed E-state index contributed by atoms with van der Waals surface area (Å²) in [6, 6.07) is 3.47. The molecule has 16 heteroatoms. The predicted molar refractivity (Wildman–Crippen MR) is 222 cm³/mol. The highest BCUT2D eigenvalue weighted by Gasteiger charge is 2.45. The van der Waals surface area contributed by atoms with Crippen molar-refractivity contribution in [3.8, 4) is 0 Å². The van der Waals surface area contributed by atoms with Gasteiger partial charge in [-0.15, -0.1) is 0 Å². The van der Waals surface area contributed by atoms with Crippen molar-refractivity contribution >= 4 is 46.6 Å². The van der Waals surface area contributed by atoms with Gasteiger partial charge in [-0.1, -0.05) is 68.5 Å². The van der Waals surface area contributed by atoms with E-state index in [9.17, 15) is 36.8 Å². The van der Waals surface area contributed by atoms with Gasteiger partial charge >= 0.3 is 12.2 Å². The molecule has 1 saturated heterocycles. The lowest BCUT2D eigenvalue weighted by molar-refractivity contribution is -0.139. The summed E-state index contributed by atoms with van der Waals surface area (Å²) in [5.41, 5.74) is 2.66. The average Bonchev–Trinajstić information content (AvgIpc) is 3.63. The number of alkyl carbamates (subject to hydrolysis) is 1. The lowest BCUT2D eigenvalue weighted by atomic mass is 10.0. The van der Waals surface area contributed by atoms with Crippen molar-refractivity contribution in [3.63, 3.8) is 0 Å². The molecule has 0 spiro atoms. The van der Waals surface area contributed by atoms with E-state index in [4.69, 9.17) is 9.47 Å². The van der Waals surface area contributed by atoms with Crippen LogP contribution in [0.5, 0.6) is 0 Å². The average molecular weight is 842 g/mol. The first-order chi connectivity index (χ1) is 27.7. The standard InChI is InChI=1S/C43H60FN5O9S/c1-9-15-35(44)34-25-48(23-29(34)4)42(54)57-32-22-37(39(51)45-8)49(24-32)40(52)36(46-41(53)58-43(5,6)7)17-14-12-10-11-13-16-30-21-33(30)38(50)47-59(55,56)26-31-20-27(2)18-19-28(31)3/h9,15,18-20,30,32-33,36-37H,1,8,10-14,16-17,21-26H2,2-7H3,(H,46,53)(H,47,50)/b35-15+/t30-,32-,33+,36+,37+/m1/s1. The number of carbonyl (C=O) groups is 5. The maximum absolute atomic E-state index is 14.5. The normalized spacial score (nSPS) is 21.2. The van der Waals surface area contributed by atoms with Crippen molar-refractivity contribution in [1.82, 2.24) is 19.8 Å². The van der Waals surface area contributed by atoms with Gasteiger partial charge < -0.3 is 19.7 Å². The maximum atomic E-state index is 14.5. The SMILES string of the molecule is C=C/C=C(/F)C1=C(C)CN(C(=O)O[C@@H]2C[C@@H](C(=O)N=C)N(C(=O)[C@H](CCCCCCC[C@@H]3C[C@@H]3C(=O)NS(=O)(=O)Cc3cc(C)ccc3C)NC(=O)OC(C)(C)C)C2)C1. The fourth-order valence-electron chi connectivity index (χ4n) is 7.56. The molecule has 3 aliphatic rings. The summed E-state index contributed by atoms with van der Waals surface area (Å²) in [7, 11) is -3.82. The topological polar surface area (TPSA) is 181 Å². The number of amides is 5. The second-order valence-corrected chi connectivity index (χ2v) is 18.6. The summed E-state index contributed by atoms with van der Waals surface area (Å²) in [6.07, 6.45) is 5.64. The van der Waals surface area contributed by atoms with Gasteiger partial charge in [-0.25, -0.2) is 27.4 Å². The van der Waals surface area contributed by atoms with Crippen LogP contribution in [0.15, 0.2) is 58.9 Å². The number of sulfonamides is 1. The van der Waals surface area contributed by atoms with E-state index in [2.05, 4.69) is 28.3 Å². The molecule has 0 radical (unpaired) electrons. The molecular weight excluding hydrogens is 782 g/mol. The third-order valence-corrected chi connectivity index (χ3v) is 12.0. The van der Waals surface area contributed by atoms with Crippen LogP contribution < -0.4 is 10.0 Å². The molecule has 1 aliphatic carbocycles. The molecule has 2 fully saturated rings. The minimum Gasteiger partial charge on any atom is -0.444 e. The first-order valence-corrected chi connectivity index (χ1v) is 21.9. The predicted octanol–water partition coefficient (Wildman–Crippen LogP) is 6.51. The Hall–Kier alpha value is -4.86. The number of aliphatic imine (C=N–C) groups is 1. The van der Waals surface area contributed by atoms with Crippen molar-refractivity contribution < 1.29 is 46.3 Å². The first kappa shape index (κ1) is 46.8. The Bertz CT molecular complexity index is 1960. The van der Waals surface area contributed by atoms with Gasteiger partial charge in [0.1, 0.15) is 29.6 Å². The lowest BCUT2D eigenvalue weighted by Crippen LogP contribution is -2.52. The van der Waals surface area contributed by atoms with E-state index in [-0.39, 0.29) is 50.1 Å². The number of benzene rings is 1. The molecule has 0 unspecified atom stereocenters. The van der Waals surface area contributed by atoms with Crippen molar-refractivity contribution in [2.24, 2.45) is 16.8 Å². The van der Waals surface area contributed by atoms with Gasteiger partial charge in [-0.3, -0.25) is 24.0 Å². The largest absolute Gasteiger partial charge is 0.444 e. The van der Waals surface area contributed by atoms with Gasteiger partial charge in [-0.05, 0) is 96.2 Å². The van der Waals surface area contributed by atoms with Crippen LogP contribution in [0.2, 0.25) is 0 Å². The minimum absolute atomic E-state index is 0.00547. The zero-order chi connectivity index (χ0) is 43.7. The second-order valence-electron chi connectivity index (χ2n) is 16.9. The molecule has 14 nitrogen and oxygen atoms in total. The zero-order valence-electron chi connectivity index (χ0n) is 35.2. The Balaban J connectivity index is 1.27. The van der Waals surface area contributed by atoms with Crippen molar-refractivity contribution in [2.75, 3.05) is 19.6 Å². The summed E-state index contributed by atoms with van der Waals surface area (Å²) in [6.45, 7) is 17.4. The van der Waals surface area contributed by atoms with Crippen molar-refractivity contribution in [1.29, 1.82) is 0 Å². The van der Waals surface area contributed by atoms with Crippen LogP contribution in [0, 0.1) is 25.7 Å². The number of hydrogen-bond donors (Lipinski definition) is 2. The maximum Gasteiger partial charge on any atom is 0.410 e. The van der Waals surface area contributed by atoms with Gasteiger partial charge in [-0.2, -0.15) is 0 Å². The molecule has 1 aromatic rings. The Morgan fingerprint density at radius 3 is 2.41 bits per heavy atom. The molecule has 324 valence electrons. The van der Waals surface area contributed by atoms with Crippen LogP contribution in [0.25, 0.3) is 0 Å². The highest BCUT2D eigenvalue weighted by Crippen LogP contribution is 2.43. The number of allylic oxidation sites excluding steroid dienone is 2. The van der Waals surface area contributed by atoms with E-state index < -0.39 is 69.5 Å². The summed E-state index contributed by atoms with van der Waals surface area (Å²) in [5.74, 6) is -2.62. The van der Waals surface area contributed by atoms with Gasteiger partial charge in [0.05, 0.1) is 18.8 Å². The summed E-state index contributed by atoms with van der Waals surface area (Å²) >= 11 is 0. The van der Waals surface area contributed by atoms with Crippen LogP contribution in [0.3, 0.4) is 0 Å². The van der Waals surface area contributed by atoms with E-state index in [1.165, 1.54) is 22.0 Å². The number of carbonyl (C=O) groups excluding carboxylic acids is 5. The zero-order valence-corrected chi connectivity index (χ0v) is 36.0. The minimum atomic E-state index is -3.82. The quantitative estimate of drug-likeness (QED) is 0.0946. The number of rotatable bonds is 18. The highest BCUT2D eigenvalue weighted by molar-refractivity contribution is 7.89. The Morgan fingerprint density at radius 1 is 1.03 bits per heavy atom. The summed E-state index contributed by atoms with van der Waals surface area (Å²) < 4.78 is 53.4. The second kappa shape index (κ2) is 20.4. The van der Waals surface area contributed by atoms with E-state index in [1.807, 2.05) is 32.0 Å². The number of ether oxygens (including phenoxy) is 2. The van der Waals surface area contributed by atoms with E-state index in [1.54, 1.807) is 27.7 Å². The number of nitrogens with zero attached hydrogens (tertiary/aromatic N) is 3. The van der Waals surface area contributed by atoms with Crippen LogP contribution in [-0.2, 0) is 39.6 Å². The van der Waals surface area contributed by atoms with Crippen LogP contribution in [0.4, 0.5) is 14.0 Å². The van der Waals surface area contributed by atoms with Gasteiger partial charge in [0.25, 0.3) is 5.91 Å². The summed E-state index contributed by atoms with van der Waals surface area (Å²) in [5, 5.41) is 2.67. The molecule has 1 saturated carbocycles. The number of aryl methyl sites for hydroxylation is 2. The van der Waals surface area contributed by atoms with E-state index >= 15 is 0 Å². The number of nitrogens with one attached hydrogen (secondary N) is 2. The molecule has 59 heavy (non-hydrogen) atoms. The molecule has 2 N–H and O–H groups in total.